The van der Waals surface area contributed by atoms with Gasteiger partial charge < -0.3 is 9.88 Å². The number of carbonyl (C=O) groups excluding carboxylic acids is 1. The van der Waals surface area contributed by atoms with Crippen molar-refractivity contribution in [2.24, 2.45) is 7.05 Å². The minimum Gasteiger partial charge on any atom is -0.356 e. The quantitative estimate of drug-likeness (QED) is 0.693. The summed E-state index contributed by atoms with van der Waals surface area (Å²) in [6.45, 7) is 9.42. The summed E-state index contributed by atoms with van der Waals surface area (Å²) in [5.74, 6) is 0.864. The van der Waals surface area contributed by atoms with E-state index in [-0.39, 0.29) is 11.8 Å². The van der Waals surface area contributed by atoms with E-state index in [0.29, 0.717) is 6.54 Å². The molecule has 0 saturated carbocycles. The zero-order valence-corrected chi connectivity index (χ0v) is 16.2. The number of nitrogens with zero attached hydrogens (tertiary/aromatic N) is 4. The first kappa shape index (κ1) is 18.2. The van der Waals surface area contributed by atoms with Gasteiger partial charge in [0.15, 0.2) is 0 Å². The number of hydrogen-bond acceptors (Lipinski definition) is 3. The number of nitrogens with one attached hydrogen (secondary N) is 1. The lowest BCUT2D eigenvalue weighted by atomic mass is 9.98. The predicted octanol–water partition coefficient (Wildman–Crippen LogP) is 3.01. The van der Waals surface area contributed by atoms with Gasteiger partial charge in [0.2, 0.25) is 5.91 Å². The van der Waals surface area contributed by atoms with E-state index in [1.165, 1.54) is 0 Å². The van der Waals surface area contributed by atoms with Crippen LogP contribution in [0.25, 0.3) is 11.0 Å². The number of imidazole rings is 1. The minimum atomic E-state index is -0.195. The van der Waals surface area contributed by atoms with Crippen LogP contribution in [0.2, 0.25) is 0 Å². The molecule has 0 saturated heterocycles. The number of amides is 1. The summed E-state index contributed by atoms with van der Waals surface area (Å²) in [5.41, 5.74) is 5.16. The summed E-state index contributed by atoms with van der Waals surface area (Å²) < 4.78 is 4.04. The van der Waals surface area contributed by atoms with E-state index in [4.69, 9.17) is 0 Å². The third-order valence-corrected chi connectivity index (χ3v) is 5.09. The Morgan fingerprint density at radius 3 is 2.65 bits per heavy atom. The standard InChI is InChI=1S/C20H27N5O/c1-13(19-14(2)23-24(5)15(19)3)20(26)21-11-8-12-25-16(4)22-17-9-6-7-10-18(17)25/h6-7,9-10,13H,8,11-12H2,1-5H3,(H,21,26)/t13-/m0/s1. The monoisotopic (exact) mass is 353 g/mol. The number of aromatic nitrogens is 4. The fourth-order valence-electron chi connectivity index (χ4n) is 3.63. The van der Waals surface area contributed by atoms with Gasteiger partial charge in [-0.25, -0.2) is 4.98 Å². The summed E-state index contributed by atoms with van der Waals surface area (Å²) >= 11 is 0. The molecule has 1 N–H and O–H groups in total. The van der Waals surface area contributed by atoms with Crippen LogP contribution in [0, 0.1) is 20.8 Å². The normalized spacial score (nSPS) is 12.5. The van der Waals surface area contributed by atoms with Crippen molar-refractivity contribution in [3.63, 3.8) is 0 Å². The fraction of sp³-hybridized carbons (Fsp3) is 0.450. The second-order valence-electron chi connectivity index (χ2n) is 6.87. The number of aryl methyl sites for hydroxylation is 4. The van der Waals surface area contributed by atoms with Crippen LogP contribution < -0.4 is 5.32 Å². The van der Waals surface area contributed by atoms with Crippen LogP contribution in [-0.4, -0.2) is 31.8 Å². The molecule has 0 unspecified atom stereocenters. The molecule has 3 aromatic rings. The van der Waals surface area contributed by atoms with Crippen molar-refractivity contribution in [2.75, 3.05) is 6.54 Å². The molecular formula is C20H27N5O. The van der Waals surface area contributed by atoms with Gasteiger partial charge in [-0.15, -0.1) is 0 Å². The highest BCUT2D eigenvalue weighted by atomic mass is 16.1. The number of benzene rings is 1. The van der Waals surface area contributed by atoms with E-state index >= 15 is 0 Å². The van der Waals surface area contributed by atoms with Gasteiger partial charge in [0.1, 0.15) is 5.82 Å². The molecule has 0 aliphatic rings. The van der Waals surface area contributed by atoms with Crippen LogP contribution in [-0.2, 0) is 18.4 Å². The molecule has 2 heterocycles. The third kappa shape index (κ3) is 3.36. The number of rotatable bonds is 6. The highest BCUT2D eigenvalue weighted by molar-refractivity contribution is 5.83. The van der Waals surface area contributed by atoms with Crippen LogP contribution >= 0.6 is 0 Å². The Morgan fingerprint density at radius 1 is 1.23 bits per heavy atom. The molecule has 0 spiro atoms. The number of fused-ring (bicyclic) bond motifs is 1. The molecule has 1 atom stereocenters. The summed E-state index contributed by atoms with van der Waals surface area (Å²) in [7, 11) is 1.91. The van der Waals surface area contributed by atoms with Crippen LogP contribution in [0.1, 0.15) is 42.0 Å². The Balaban J connectivity index is 1.58. The number of para-hydroxylation sites is 2. The lowest BCUT2D eigenvalue weighted by molar-refractivity contribution is -0.122. The van der Waals surface area contributed by atoms with E-state index in [9.17, 15) is 4.79 Å². The minimum absolute atomic E-state index is 0.0522. The average Bonchev–Trinajstić information content (AvgIpc) is 3.06. The maximum Gasteiger partial charge on any atom is 0.227 e. The molecular weight excluding hydrogens is 326 g/mol. The van der Waals surface area contributed by atoms with Crippen LogP contribution in [0.3, 0.4) is 0 Å². The third-order valence-electron chi connectivity index (χ3n) is 5.09. The largest absolute Gasteiger partial charge is 0.356 e. The molecule has 0 aliphatic heterocycles. The number of carbonyl (C=O) groups is 1. The molecule has 1 aromatic carbocycles. The molecule has 2 aromatic heterocycles. The first-order chi connectivity index (χ1) is 12.4. The van der Waals surface area contributed by atoms with Gasteiger partial charge in [-0.05, 0) is 46.2 Å². The van der Waals surface area contributed by atoms with Crippen molar-refractivity contribution in [1.29, 1.82) is 0 Å². The second kappa shape index (κ2) is 7.32. The van der Waals surface area contributed by atoms with Crippen molar-refractivity contribution in [1.82, 2.24) is 24.6 Å². The molecule has 0 bridgehead atoms. The van der Waals surface area contributed by atoms with Crippen molar-refractivity contribution in [3.8, 4) is 0 Å². The van der Waals surface area contributed by atoms with Gasteiger partial charge >= 0.3 is 0 Å². The fourth-order valence-corrected chi connectivity index (χ4v) is 3.63. The SMILES string of the molecule is Cc1nn(C)c(C)c1[C@H](C)C(=O)NCCCn1c(C)nc2ccccc21. The maximum atomic E-state index is 12.5. The first-order valence-electron chi connectivity index (χ1n) is 9.09. The van der Waals surface area contributed by atoms with Crippen molar-refractivity contribution < 1.29 is 4.79 Å². The van der Waals surface area contributed by atoms with Gasteiger partial charge in [0, 0.05) is 31.4 Å². The summed E-state index contributed by atoms with van der Waals surface area (Å²) in [4.78, 5) is 17.1. The van der Waals surface area contributed by atoms with Gasteiger partial charge in [-0.2, -0.15) is 5.10 Å². The summed E-state index contributed by atoms with van der Waals surface area (Å²) in [6.07, 6.45) is 0.866. The van der Waals surface area contributed by atoms with Crippen LogP contribution in [0.4, 0.5) is 0 Å². The van der Waals surface area contributed by atoms with E-state index in [1.807, 2.05) is 57.6 Å². The highest BCUT2D eigenvalue weighted by Gasteiger charge is 2.22. The molecule has 0 fully saturated rings. The second-order valence-corrected chi connectivity index (χ2v) is 6.87. The van der Waals surface area contributed by atoms with Crippen LogP contribution in [0.5, 0.6) is 0 Å². The Bertz CT molecular complexity index is 937. The van der Waals surface area contributed by atoms with Gasteiger partial charge in [-0.1, -0.05) is 12.1 Å². The van der Waals surface area contributed by atoms with Gasteiger partial charge in [0.25, 0.3) is 0 Å². The Labute approximate surface area is 154 Å². The summed E-state index contributed by atoms with van der Waals surface area (Å²) in [5, 5.41) is 7.47. The molecule has 6 heteroatoms. The van der Waals surface area contributed by atoms with Crippen molar-refractivity contribution in [2.45, 2.75) is 46.6 Å². The van der Waals surface area contributed by atoms with Crippen LogP contribution in [0.15, 0.2) is 24.3 Å². The highest BCUT2D eigenvalue weighted by Crippen LogP contribution is 2.23. The Hall–Kier alpha value is -2.63. The summed E-state index contributed by atoms with van der Waals surface area (Å²) in [6, 6.07) is 8.15. The topological polar surface area (TPSA) is 64.7 Å². The van der Waals surface area contributed by atoms with E-state index in [2.05, 4.69) is 26.0 Å². The molecule has 1 amide bonds. The Morgan fingerprint density at radius 2 is 1.96 bits per heavy atom. The lowest BCUT2D eigenvalue weighted by Gasteiger charge is -2.13. The first-order valence-corrected chi connectivity index (χ1v) is 9.09. The van der Waals surface area contributed by atoms with E-state index in [0.717, 1.165) is 46.8 Å². The van der Waals surface area contributed by atoms with Crippen molar-refractivity contribution in [3.05, 3.63) is 47.0 Å². The van der Waals surface area contributed by atoms with Gasteiger partial charge in [-0.3, -0.25) is 9.48 Å². The molecule has 26 heavy (non-hydrogen) atoms. The van der Waals surface area contributed by atoms with Crippen molar-refractivity contribution >= 4 is 16.9 Å². The maximum absolute atomic E-state index is 12.5. The molecule has 138 valence electrons. The zero-order chi connectivity index (χ0) is 18.8. The smallest absolute Gasteiger partial charge is 0.227 e. The molecule has 3 rings (SSSR count). The van der Waals surface area contributed by atoms with Gasteiger partial charge in [0.05, 0.1) is 22.6 Å². The molecule has 0 radical (unpaired) electrons. The molecule has 0 aliphatic carbocycles. The Kier molecular flexibility index (Phi) is 5.11. The number of hydrogen-bond donors (Lipinski definition) is 1. The zero-order valence-electron chi connectivity index (χ0n) is 16.2. The lowest BCUT2D eigenvalue weighted by Crippen LogP contribution is -2.30. The average molecular weight is 353 g/mol. The van der Waals surface area contributed by atoms with E-state index < -0.39 is 0 Å². The molecule has 6 nitrogen and oxygen atoms in total. The van der Waals surface area contributed by atoms with E-state index in [1.54, 1.807) is 0 Å². The predicted molar refractivity (Wildman–Crippen MR) is 103 cm³/mol.